The van der Waals surface area contributed by atoms with Crippen LogP contribution in [0.2, 0.25) is 0 Å². The van der Waals surface area contributed by atoms with Gasteiger partial charge < -0.3 is 10.1 Å². The zero-order valence-corrected chi connectivity index (χ0v) is 13.1. The van der Waals surface area contributed by atoms with Gasteiger partial charge in [0.2, 0.25) is 0 Å². The number of anilines is 1. The molecular weight excluding hydrogens is 320 g/mol. The Kier molecular flexibility index (Phi) is 4.71. The normalized spacial score (nSPS) is 10.1. The van der Waals surface area contributed by atoms with E-state index >= 15 is 0 Å². The Morgan fingerprint density at radius 1 is 0.880 bits per heavy atom. The van der Waals surface area contributed by atoms with Gasteiger partial charge in [-0.2, -0.15) is 0 Å². The van der Waals surface area contributed by atoms with Gasteiger partial charge in [0.15, 0.2) is 0 Å². The van der Waals surface area contributed by atoms with Gasteiger partial charge in [-0.05, 0) is 36.4 Å². The third-order valence-electron chi connectivity index (χ3n) is 3.43. The first-order chi connectivity index (χ1) is 12.1. The molecule has 0 bridgehead atoms. The lowest BCUT2D eigenvalue weighted by Crippen LogP contribution is -2.12. The summed E-state index contributed by atoms with van der Waals surface area (Å²) in [4.78, 5) is 23.0. The monoisotopic (exact) mass is 334 g/mol. The molecule has 0 saturated carbocycles. The van der Waals surface area contributed by atoms with E-state index in [0.717, 1.165) is 0 Å². The van der Waals surface area contributed by atoms with E-state index in [1.165, 1.54) is 12.1 Å². The van der Waals surface area contributed by atoms with Gasteiger partial charge in [0.25, 0.3) is 11.6 Å². The van der Waals surface area contributed by atoms with Crippen molar-refractivity contribution in [3.8, 4) is 11.5 Å². The number of nitro groups is 1. The minimum absolute atomic E-state index is 0.110. The highest BCUT2D eigenvalue weighted by molar-refractivity contribution is 6.05. The number of amides is 1. The third-order valence-corrected chi connectivity index (χ3v) is 3.43. The fourth-order valence-corrected chi connectivity index (χ4v) is 2.24. The van der Waals surface area contributed by atoms with Crippen molar-refractivity contribution in [1.29, 1.82) is 0 Å². The highest BCUT2D eigenvalue weighted by atomic mass is 16.6. The van der Waals surface area contributed by atoms with Crippen molar-refractivity contribution in [2.24, 2.45) is 0 Å². The minimum Gasteiger partial charge on any atom is -0.457 e. The molecule has 0 heterocycles. The number of nitrogens with zero attached hydrogens (tertiary/aromatic N) is 1. The fraction of sp³-hybridized carbons (Fsp3) is 0. The number of benzene rings is 3. The zero-order chi connectivity index (χ0) is 17.6. The molecule has 3 rings (SSSR count). The molecule has 0 aliphatic rings. The van der Waals surface area contributed by atoms with Gasteiger partial charge in [-0.3, -0.25) is 14.9 Å². The first-order valence-corrected chi connectivity index (χ1v) is 7.51. The molecule has 6 heteroatoms. The van der Waals surface area contributed by atoms with E-state index in [2.05, 4.69) is 5.32 Å². The van der Waals surface area contributed by atoms with Crippen LogP contribution in [0.1, 0.15) is 10.4 Å². The second kappa shape index (κ2) is 7.27. The SMILES string of the molecule is O=C(Nc1ccc(Oc2ccccc2)cc1[N+](=O)[O-])c1ccccc1. The number of carbonyl (C=O) groups is 1. The van der Waals surface area contributed by atoms with Crippen molar-refractivity contribution in [3.05, 3.63) is 94.5 Å². The van der Waals surface area contributed by atoms with Crippen LogP contribution in [-0.2, 0) is 0 Å². The lowest BCUT2D eigenvalue weighted by Gasteiger charge is -2.09. The number of nitrogens with one attached hydrogen (secondary N) is 1. The summed E-state index contributed by atoms with van der Waals surface area (Å²) < 4.78 is 5.60. The van der Waals surface area contributed by atoms with E-state index in [0.29, 0.717) is 17.1 Å². The van der Waals surface area contributed by atoms with E-state index in [1.54, 1.807) is 60.7 Å². The average molecular weight is 334 g/mol. The smallest absolute Gasteiger partial charge is 0.296 e. The number of hydrogen-bond acceptors (Lipinski definition) is 4. The standard InChI is InChI=1S/C19H14N2O4/c22-19(14-7-3-1-4-8-14)20-17-12-11-16(13-18(17)21(23)24)25-15-9-5-2-6-10-15/h1-13H,(H,20,22). The van der Waals surface area contributed by atoms with Crippen molar-refractivity contribution < 1.29 is 14.5 Å². The summed E-state index contributed by atoms with van der Waals surface area (Å²) in [6.07, 6.45) is 0. The van der Waals surface area contributed by atoms with E-state index < -0.39 is 10.8 Å². The Bertz CT molecular complexity index is 896. The number of para-hydroxylation sites is 1. The predicted molar refractivity (Wildman–Crippen MR) is 94.0 cm³/mol. The van der Waals surface area contributed by atoms with Crippen molar-refractivity contribution in [3.63, 3.8) is 0 Å². The fourth-order valence-electron chi connectivity index (χ4n) is 2.24. The number of ether oxygens (including phenoxy) is 1. The highest BCUT2D eigenvalue weighted by Gasteiger charge is 2.18. The Morgan fingerprint density at radius 3 is 2.16 bits per heavy atom. The molecule has 124 valence electrons. The molecule has 0 aliphatic carbocycles. The maximum absolute atomic E-state index is 12.2. The van der Waals surface area contributed by atoms with Crippen molar-refractivity contribution in [2.45, 2.75) is 0 Å². The van der Waals surface area contributed by atoms with Gasteiger partial charge in [-0.25, -0.2) is 0 Å². The second-order valence-corrected chi connectivity index (χ2v) is 5.17. The van der Waals surface area contributed by atoms with Gasteiger partial charge in [0.1, 0.15) is 17.2 Å². The molecule has 3 aromatic rings. The molecule has 0 aliphatic heterocycles. The summed E-state index contributed by atoms with van der Waals surface area (Å²) in [5.41, 5.74) is 0.290. The number of carbonyl (C=O) groups excluding carboxylic acids is 1. The first kappa shape index (κ1) is 16.2. The first-order valence-electron chi connectivity index (χ1n) is 7.51. The van der Waals surface area contributed by atoms with Crippen molar-refractivity contribution >= 4 is 17.3 Å². The predicted octanol–water partition coefficient (Wildman–Crippen LogP) is 4.64. The van der Waals surface area contributed by atoms with Crippen molar-refractivity contribution in [1.82, 2.24) is 0 Å². The molecule has 0 saturated heterocycles. The topological polar surface area (TPSA) is 81.5 Å². The second-order valence-electron chi connectivity index (χ2n) is 5.17. The zero-order valence-electron chi connectivity index (χ0n) is 13.1. The quantitative estimate of drug-likeness (QED) is 0.544. The van der Waals surface area contributed by atoms with Crippen LogP contribution in [0.4, 0.5) is 11.4 Å². The molecule has 0 aromatic heterocycles. The Hall–Kier alpha value is -3.67. The molecule has 1 amide bonds. The summed E-state index contributed by atoms with van der Waals surface area (Å²) in [6, 6.07) is 21.8. The van der Waals surface area contributed by atoms with Crippen LogP contribution in [0, 0.1) is 10.1 Å². The molecule has 6 nitrogen and oxygen atoms in total. The van der Waals surface area contributed by atoms with E-state index in [9.17, 15) is 14.9 Å². The molecule has 0 radical (unpaired) electrons. The van der Waals surface area contributed by atoms with Gasteiger partial charge in [-0.1, -0.05) is 36.4 Å². The van der Waals surface area contributed by atoms with Crippen LogP contribution in [-0.4, -0.2) is 10.8 Å². The van der Waals surface area contributed by atoms with Crippen LogP contribution in [0.15, 0.2) is 78.9 Å². The highest BCUT2D eigenvalue weighted by Crippen LogP contribution is 2.31. The molecular formula is C19H14N2O4. The van der Waals surface area contributed by atoms with E-state index in [1.807, 2.05) is 6.07 Å². The lowest BCUT2D eigenvalue weighted by atomic mass is 10.2. The van der Waals surface area contributed by atoms with Crippen LogP contribution >= 0.6 is 0 Å². The minimum atomic E-state index is -0.557. The maximum atomic E-state index is 12.2. The van der Waals surface area contributed by atoms with Gasteiger partial charge in [0.05, 0.1) is 11.0 Å². The molecule has 25 heavy (non-hydrogen) atoms. The Labute approximate surface area is 143 Å². The summed E-state index contributed by atoms with van der Waals surface area (Å²) in [6.45, 7) is 0. The third kappa shape index (κ3) is 4.00. The molecule has 0 unspecified atom stereocenters. The summed E-state index contributed by atoms with van der Waals surface area (Å²) in [7, 11) is 0. The number of nitro benzene ring substituents is 1. The van der Waals surface area contributed by atoms with Gasteiger partial charge in [-0.15, -0.1) is 0 Å². The summed E-state index contributed by atoms with van der Waals surface area (Å²) in [5, 5.41) is 13.9. The van der Waals surface area contributed by atoms with Crippen LogP contribution in [0.3, 0.4) is 0 Å². The largest absolute Gasteiger partial charge is 0.457 e. The van der Waals surface area contributed by atoms with E-state index in [4.69, 9.17) is 4.74 Å². The Morgan fingerprint density at radius 2 is 1.52 bits per heavy atom. The van der Waals surface area contributed by atoms with Gasteiger partial charge in [0, 0.05) is 5.56 Å². The van der Waals surface area contributed by atoms with Crippen molar-refractivity contribution in [2.75, 3.05) is 5.32 Å². The average Bonchev–Trinajstić information content (AvgIpc) is 2.64. The summed E-state index contributed by atoms with van der Waals surface area (Å²) in [5.74, 6) is 0.467. The molecule has 0 fully saturated rings. The van der Waals surface area contributed by atoms with Crippen LogP contribution in [0.5, 0.6) is 11.5 Å². The maximum Gasteiger partial charge on any atom is 0.296 e. The van der Waals surface area contributed by atoms with E-state index in [-0.39, 0.29) is 11.4 Å². The van der Waals surface area contributed by atoms with Gasteiger partial charge >= 0.3 is 0 Å². The molecule has 0 atom stereocenters. The molecule has 1 N–H and O–H groups in total. The van der Waals surface area contributed by atoms with Crippen LogP contribution in [0.25, 0.3) is 0 Å². The number of rotatable bonds is 5. The summed E-state index contributed by atoms with van der Waals surface area (Å²) >= 11 is 0. The number of hydrogen-bond donors (Lipinski definition) is 1. The lowest BCUT2D eigenvalue weighted by molar-refractivity contribution is -0.384. The molecule has 3 aromatic carbocycles. The Balaban J connectivity index is 1.85. The van der Waals surface area contributed by atoms with Crippen LogP contribution < -0.4 is 10.1 Å². The molecule has 0 spiro atoms.